The summed E-state index contributed by atoms with van der Waals surface area (Å²) in [6, 6.07) is 0. The molecule has 19 heavy (non-hydrogen) atoms. The van der Waals surface area contributed by atoms with Crippen LogP contribution in [0.25, 0.3) is 0 Å². The van der Waals surface area contributed by atoms with Crippen LogP contribution < -0.4 is 0 Å². The fraction of sp³-hybridized carbons (Fsp3) is 0.706. The molecule has 0 amide bonds. The summed E-state index contributed by atoms with van der Waals surface area (Å²) in [4.78, 5) is 10.9. The summed E-state index contributed by atoms with van der Waals surface area (Å²) in [7, 11) is 1.45. The number of methoxy groups -OCH3 is 1. The van der Waals surface area contributed by atoms with Gasteiger partial charge in [-0.05, 0) is 38.5 Å². The van der Waals surface area contributed by atoms with Crippen molar-refractivity contribution in [2.24, 2.45) is 0 Å². The van der Waals surface area contributed by atoms with Crippen molar-refractivity contribution in [3.63, 3.8) is 0 Å². The van der Waals surface area contributed by atoms with E-state index in [4.69, 9.17) is 0 Å². The summed E-state index contributed by atoms with van der Waals surface area (Å²) >= 11 is 0. The first-order valence-corrected chi connectivity index (χ1v) is 7.68. The van der Waals surface area contributed by atoms with Crippen LogP contribution >= 0.6 is 0 Å². The van der Waals surface area contributed by atoms with E-state index in [2.05, 4.69) is 36.0 Å². The van der Waals surface area contributed by atoms with Crippen LogP contribution in [0.1, 0.15) is 71.1 Å². The van der Waals surface area contributed by atoms with Crippen LogP contribution in [-0.2, 0) is 9.53 Å². The van der Waals surface area contributed by atoms with Gasteiger partial charge in [0, 0.05) is 6.42 Å². The third-order valence-electron chi connectivity index (χ3n) is 3.06. The van der Waals surface area contributed by atoms with Crippen LogP contribution in [0.4, 0.5) is 0 Å². The normalized spacial score (nSPS) is 11.5. The van der Waals surface area contributed by atoms with Gasteiger partial charge in [0.2, 0.25) is 0 Å². The van der Waals surface area contributed by atoms with E-state index in [0.29, 0.717) is 6.42 Å². The summed E-state index contributed by atoms with van der Waals surface area (Å²) in [5.74, 6) is -0.0937. The molecule has 0 aromatic carbocycles. The first-order valence-electron chi connectivity index (χ1n) is 7.68. The molecule has 0 heterocycles. The van der Waals surface area contributed by atoms with E-state index in [-0.39, 0.29) is 5.97 Å². The largest absolute Gasteiger partial charge is 0.469 e. The summed E-state index contributed by atoms with van der Waals surface area (Å²) in [6.07, 6.45) is 20.1. The lowest BCUT2D eigenvalue weighted by Crippen LogP contribution is -1.98. The summed E-state index contributed by atoms with van der Waals surface area (Å²) < 4.78 is 4.60. The minimum absolute atomic E-state index is 0.0937. The molecule has 2 nitrogen and oxygen atoms in total. The van der Waals surface area contributed by atoms with Gasteiger partial charge >= 0.3 is 5.97 Å². The van der Waals surface area contributed by atoms with Crippen molar-refractivity contribution in [3.05, 3.63) is 24.3 Å². The van der Waals surface area contributed by atoms with E-state index in [9.17, 15) is 4.79 Å². The van der Waals surface area contributed by atoms with Crippen molar-refractivity contribution < 1.29 is 9.53 Å². The Bertz CT molecular complexity index is 254. The predicted molar refractivity (Wildman–Crippen MR) is 82.1 cm³/mol. The van der Waals surface area contributed by atoms with Crippen LogP contribution in [-0.4, -0.2) is 13.1 Å². The Morgan fingerprint density at radius 1 is 0.895 bits per heavy atom. The van der Waals surface area contributed by atoms with Gasteiger partial charge in [0.25, 0.3) is 0 Å². The zero-order valence-corrected chi connectivity index (χ0v) is 12.7. The molecule has 0 fully saturated rings. The maximum Gasteiger partial charge on any atom is 0.305 e. The topological polar surface area (TPSA) is 26.3 Å². The number of ether oxygens (including phenoxy) is 1. The maximum absolute atomic E-state index is 10.9. The number of hydrogen-bond acceptors (Lipinski definition) is 2. The summed E-state index contributed by atoms with van der Waals surface area (Å²) in [5.41, 5.74) is 0. The van der Waals surface area contributed by atoms with Crippen molar-refractivity contribution in [2.45, 2.75) is 71.1 Å². The van der Waals surface area contributed by atoms with Crippen LogP contribution in [0, 0.1) is 0 Å². The molecule has 0 aliphatic heterocycles. The highest BCUT2D eigenvalue weighted by Crippen LogP contribution is 2.05. The van der Waals surface area contributed by atoms with Gasteiger partial charge in [-0.1, -0.05) is 50.5 Å². The highest BCUT2D eigenvalue weighted by Gasteiger charge is 1.97. The smallest absolute Gasteiger partial charge is 0.305 e. The maximum atomic E-state index is 10.9. The van der Waals surface area contributed by atoms with E-state index in [1.54, 1.807) is 0 Å². The molecule has 0 atom stereocenters. The Balaban J connectivity index is 3.23. The molecule has 0 radical (unpaired) electrons. The van der Waals surface area contributed by atoms with Gasteiger partial charge in [0.05, 0.1) is 7.11 Å². The minimum Gasteiger partial charge on any atom is -0.469 e. The average molecular weight is 266 g/mol. The standard InChI is InChI=1S/C17H30O2/c1-3-4-5-6-7-8-9-10-11-12-13-14-15-16-17(18)19-2/h7-8,10-11H,3-6,9,12-16H2,1-2H3/b8-7-,11-10-. The monoisotopic (exact) mass is 266 g/mol. The predicted octanol–water partition coefficient (Wildman–Crippen LogP) is 5.19. The molecule has 0 spiro atoms. The van der Waals surface area contributed by atoms with Gasteiger partial charge in [-0.2, -0.15) is 0 Å². The Labute approximate surface area is 118 Å². The molecule has 0 saturated heterocycles. The van der Waals surface area contributed by atoms with Crippen LogP contribution in [0.3, 0.4) is 0 Å². The highest BCUT2D eigenvalue weighted by atomic mass is 16.5. The second-order valence-electron chi connectivity index (χ2n) is 4.85. The lowest BCUT2D eigenvalue weighted by molar-refractivity contribution is -0.140. The van der Waals surface area contributed by atoms with Crippen LogP contribution in [0.15, 0.2) is 24.3 Å². The SMILES string of the molecule is CCCCC/C=C\C/C=C\CCCCCC(=O)OC. The fourth-order valence-electron chi connectivity index (χ4n) is 1.83. The number of carbonyl (C=O) groups excluding carboxylic acids is 1. The van der Waals surface area contributed by atoms with Crippen LogP contribution in [0.2, 0.25) is 0 Å². The molecular weight excluding hydrogens is 236 g/mol. The Morgan fingerprint density at radius 2 is 1.53 bits per heavy atom. The number of unbranched alkanes of at least 4 members (excludes halogenated alkanes) is 6. The zero-order chi connectivity index (χ0) is 14.2. The van der Waals surface area contributed by atoms with E-state index in [1.807, 2.05) is 0 Å². The van der Waals surface area contributed by atoms with Crippen molar-refractivity contribution in [1.29, 1.82) is 0 Å². The lowest BCUT2D eigenvalue weighted by atomic mass is 10.1. The second-order valence-corrected chi connectivity index (χ2v) is 4.85. The molecule has 0 aromatic heterocycles. The Kier molecular flexibility index (Phi) is 14.2. The van der Waals surface area contributed by atoms with E-state index in [1.165, 1.54) is 32.8 Å². The van der Waals surface area contributed by atoms with Crippen molar-refractivity contribution in [1.82, 2.24) is 0 Å². The molecule has 0 bridgehead atoms. The van der Waals surface area contributed by atoms with E-state index < -0.39 is 0 Å². The summed E-state index contributed by atoms with van der Waals surface area (Å²) in [6.45, 7) is 2.23. The van der Waals surface area contributed by atoms with Gasteiger partial charge in [-0.15, -0.1) is 0 Å². The van der Waals surface area contributed by atoms with Crippen molar-refractivity contribution >= 4 is 5.97 Å². The molecule has 2 heteroatoms. The molecule has 0 aliphatic carbocycles. The Morgan fingerprint density at radius 3 is 2.11 bits per heavy atom. The van der Waals surface area contributed by atoms with Gasteiger partial charge in [-0.25, -0.2) is 0 Å². The quantitative estimate of drug-likeness (QED) is 0.276. The lowest BCUT2D eigenvalue weighted by Gasteiger charge is -1.98. The van der Waals surface area contributed by atoms with Gasteiger partial charge in [-0.3, -0.25) is 4.79 Å². The first-order chi connectivity index (χ1) is 9.31. The molecule has 0 saturated carbocycles. The minimum atomic E-state index is -0.0937. The molecule has 0 unspecified atom stereocenters. The molecule has 0 aliphatic rings. The number of carbonyl (C=O) groups is 1. The number of allylic oxidation sites excluding steroid dienone is 4. The van der Waals surface area contributed by atoms with Gasteiger partial charge < -0.3 is 4.74 Å². The number of esters is 1. The van der Waals surface area contributed by atoms with Crippen LogP contribution in [0.5, 0.6) is 0 Å². The third-order valence-corrected chi connectivity index (χ3v) is 3.06. The molecule has 0 N–H and O–H groups in total. The van der Waals surface area contributed by atoms with Gasteiger partial charge in [0.15, 0.2) is 0 Å². The van der Waals surface area contributed by atoms with E-state index in [0.717, 1.165) is 32.1 Å². The van der Waals surface area contributed by atoms with E-state index >= 15 is 0 Å². The fourth-order valence-corrected chi connectivity index (χ4v) is 1.83. The first kappa shape index (κ1) is 17.9. The zero-order valence-electron chi connectivity index (χ0n) is 12.7. The second kappa shape index (κ2) is 15.0. The third kappa shape index (κ3) is 14.9. The number of hydrogen-bond donors (Lipinski definition) is 0. The average Bonchev–Trinajstić information content (AvgIpc) is 2.43. The Hall–Kier alpha value is -1.05. The molecular formula is C17H30O2. The molecule has 0 aromatic rings. The molecule has 0 rings (SSSR count). The highest BCUT2D eigenvalue weighted by molar-refractivity contribution is 5.68. The van der Waals surface area contributed by atoms with Gasteiger partial charge in [0.1, 0.15) is 0 Å². The number of rotatable bonds is 12. The summed E-state index contributed by atoms with van der Waals surface area (Å²) in [5, 5.41) is 0. The van der Waals surface area contributed by atoms with Crippen molar-refractivity contribution in [2.75, 3.05) is 7.11 Å². The molecule has 110 valence electrons. The van der Waals surface area contributed by atoms with Crippen molar-refractivity contribution in [3.8, 4) is 0 Å².